The maximum absolute atomic E-state index is 5.37. The summed E-state index contributed by atoms with van der Waals surface area (Å²) in [6, 6.07) is 10.0. The van der Waals surface area contributed by atoms with E-state index in [1.165, 1.54) is 0 Å². The number of nitrogens with zero attached hydrogens (tertiary/aromatic N) is 1. The third-order valence-electron chi connectivity index (χ3n) is 3.09. The van der Waals surface area contributed by atoms with Crippen LogP contribution in [0.25, 0.3) is 0 Å². The molecular weight excluding hydrogens is 240 g/mol. The Morgan fingerprint density at radius 1 is 1.05 bits per heavy atom. The van der Waals surface area contributed by atoms with Crippen LogP contribution in [0.4, 0.5) is 0 Å². The minimum absolute atomic E-state index is 0.0591. The average Bonchev–Trinajstić information content (AvgIpc) is 2.49. The molecule has 19 heavy (non-hydrogen) atoms. The highest BCUT2D eigenvalue weighted by Crippen LogP contribution is 2.29. The first kappa shape index (κ1) is 13.4. The summed E-state index contributed by atoms with van der Waals surface area (Å²) in [6.07, 6.45) is 3.49. The van der Waals surface area contributed by atoms with Gasteiger partial charge in [0.2, 0.25) is 0 Å². The lowest BCUT2D eigenvalue weighted by molar-refractivity contribution is 0.403. The van der Waals surface area contributed by atoms with Crippen molar-refractivity contribution in [2.75, 3.05) is 21.3 Å². The first-order valence-corrected chi connectivity index (χ1v) is 6.09. The van der Waals surface area contributed by atoms with Gasteiger partial charge in [0.1, 0.15) is 11.5 Å². The van der Waals surface area contributed by atoms with E-state index in [0.29, 0.717) is 0 Å². The lowest BCUT2D eigenvalue weighted by Gasteiger charge is -2.19. The van der Waals surface area contributed by atoms with Gasteiger partial charge < -0.3 is 14.8 Å². The standard InChI is InChI=1S/C15H18N2O2/c1-16-15(11-4-6-12(18-2)7-5-11)13-8-9-17-10-14(13)19-3/h4-10,15-16H,1-3H3. The zero-order chi connectivity index (χ0) is 13.7. The molecule has 0 saturated carbocycles. The Morgan fingerprint density at radius 3 is 2.37 bits per heavy atom. The van der Waals surface area contributed by atoms with Gasteiger partial charge in [0.25, 0.3) is 0 Å². The Morgan fingerprint density at radius 2 is 1.79 bits per heavy atom. The van der Waals surface area contributed by atoms with Crippen LogP contribution in [0.5, 0.6) is 11.5 Å². The number of rotatable bonds is 5. The molecular formula is C15H18N2O2. The van der Waals surface area contributed by atoms with Crippen LogP contribution in [-0.4, -0.2) is 26.3 Å². The Kier molecular flexibility index (Phi) is 4.36. The highest BCUT2D eigenvalue weighted by molar-refractivity contribution is 5.41. The monoisotopic (exact) mass is 258 g/mol. The number of aromatic nitrogens is 1. The second-order valence-electron chi connectivity index (χ2n) is 4.11. The molecule has 0 aliphatic heterocycles. The number of methoxy groups -OCH3 is 2. The van der Waals surface area contributed by atoms with E-state index in [1.54, 1.807) is 26.6 Å². The fraction of sp³-hybridized carbons (Fsp3) is 0.267. The fourth-order valence-corrected chi connectivity index (χ4v) is 2.10. The largest absolute Gasteiger partial charge is 0.497 e. The van der Waals surface area contributed by atoms with Gasteiger partial charge in [-0.25, -0.2) is 0 Å². The summed E-state index contributed by atoms with van der Waals surface area (Å²) >= 11 is 0. The van der Waals surface area contributed by atoms with Crippen LogP contribution in [-0.2, 0) is 0 Å². The highest BCUT2D eigenvalue weighted by atomic mass is 16.5. The Balaban J connectivity index is 2.37. The summed E-state index contributed by atoms with van der Waals surface area (Å²) < 4.78 is 10.5. The molecule has 0 fully saturated rings. The SMILES string of the molecule is CNC(c1ccc(OC)cc1)c1ccncc1OC. The number of ether oxygens (including phenoxy) is 2. The summed E-state index contributed by atoms with van der Waals surface area (Å²) in [5.74, 6) is 1.62. The van der Waals surface area contributed by atoms with Crippen LogP contribution in [0.2, 0.25) is 0 Å². The molecule has 0 aliphatic carbocycles. The minimum Gasteiger partial charge on any atom is -0.497 e. The van der Waals surface area contributed by atoms with Gasteiger partial charge in [0.05, 0.1) is 26.5 Å². The van der Waals surface area contributed by atoms with E-state index in [4.69, 9.17) is 9.47 Å². The van der Waals surface area contributed by atoms with Gasteiger partial charge >= 0.3 is 0 Å². The van der Waals surface area contributed by atoms with Gasteiger partial charge in [-0.05, 0) is 30.8 Å². The van der Waals surface area contributed by atoms with E-state index in [0.717, 1.165) is 22.6 Å². The summed E-state index contributed by atoms with van der Waals surface area (Å²) in [4.78, 5) is 4.08. The Labute approximate surface area is 113 Å². The molecule has 4 nitrogen and oxygen atoms in total. The lowest BCUT2D eigenvalue weighted by atomic mass is 9.99. The molecule has 0 spiro atoms. The molecule has 1 N–H and O–H groups in total. The topological polar surface area (TPSA) is 43.4 Å². The molecule has 2 rings (SSSR count). The molecule has 1 atom stereocenters. The normalized spacial score (nSPS) is 11.9. The van der Waals surface area contributed by atoms with E-state index in [-0.39, 0.29) is 6.04 Å². The third kappa shape index (κ3) is 2.85. The van der Waals surface area contributed by atoms with Gasteiger partial charge in [-0.1, -0.05) is 12.1 Å². The number of nitrogens with one attached hydrogen (secondary N) is 1. The third-order valence-corrected chi connectivity index (χ3v) is 3.09. The van der Waals surface area contributed by atoms with Crippen LogP contribution < -0.4 is 14.8 Å². The van der Waals surface area contributed by atoms with E-state index >= 15 is 0 Å². The Bertz CT molecular complexity index is 526. The van der Waals surface area contributed by atoms with Crippen LogP contribution in [0, 0.1) is 0 Å². The van der Waals surface area contributed by atoms with Crippen molar-refractivity contribution < 1.29 is 9.47 Å². The van der Waals surface area contributed by atoms with Crippen molar-refractivity contribution in [2.24, 2.45) is 0 Å². The first-order valence-electron chi connectivity index (χ1n) is 6.09. The van der Waals surface area contributed by atoms with Crippen LogP contribution >= 0.6 is 0 Å². The van der Waals surface area contributed by atoms with Crippen LogP contribution in [0.15, 0.2) is 42.7 Å². The van der Waals surface area contributed by atoms with E-state index < -0.39 is 0 Å². The van der Waals surface area contributed by atoms with Crippen molar-refractivity contribution >= 4 is 0 Å². The van der Waals surface area contributed by atoms with Crippen molar-refractivity contribution in [3.8, 4) is 11.5 Å². The molecule has 1 heterocycles. The number of hydrogen-bond acceptors (Lipinski definition) is 4. The van der Waals surface area contributed by atoms with Gasteiger partial charge in [-0.3, -0.25) is 4.98 Å². The molecule has 1 aromatic carbocycles. The summed E-state index contributed by atoms with van der Waals surface area (Å²) in [5, 5.41) is 3.30. The van der Waals surface area contributed by atoms with Crippen LogP contribution in [0.3, 0.4) is 0 Å². The van der Waals surface area contributed by atoms with Gasteiger partial charge in [0.15, 0.2) is 0 Å². The summed E-state index contributed by atoms with van der Waals surface area (Å²) in [7, 11) is 5.24. The average molecular weight is 258 g/mol. The van der Waals surface area contributed by atoms with Gasteiger partial charge in [-0.2, -0.15) is 0 Å². The molecule has 0 radical (unpaired) electrons. The minimum atomic E-state index is 0.0591. The highest BCUT2D eigenvalue weighted by Gasteiger charge is 2.16. The van der Waals surface area contributed by atoms with E-state index in [1.807, 2.05) is 37.4 Å². The molecule has 2 aromatic rings. The first-order chi connectivity index (χ1) is 9.30. The molecule has 0 aliphatic rings. The van der Waals surface area contributed by atoms with E-state index in [2.05, 4.69) is 10.3 Å². The second-order valence-corrected chi connectivity index (χ2v) is 4.11. The number of pyridine rings is 1. The van der Waals surface area contributed by atoms with Gasteiger partial charge in [-0.15, -0.1) is 0 Å². The van der Waals surface area contributed by atoms with Crippen molar-refractivity contribution in [3.05, 3.63) is 53.9 Å². The van der Waals surface area contributed by atoms with Crippen molar-refractivity contribution in [1.82, 2.24) is 10.3 Å². The second kappa shape index (κ2) is 6.20. The molecule has 0 bridgehead atoms. The Hall–Kier alpha value is -2.07. The zero-order valence-corrected chi connectivity index (χ0v) is 11.4. The maximum Gasteiger partial charge on any atom is 0.142 e. The smallest absolute Gasteiger partial charge is 0.142 e. The molecule has 0 saturated heterocycles. The summed E-state index contributed by atoms with van der Waals surface area (Å²) in [5.41, 5.74) is 2.21. The fourth-order valence-electron chi connectivity index (χ4n) is 2.10. The van der Waals surface area contributed by atoms with Crippen molar-refractivity contribution in [1.29, 1.82) is 0 Å². The maximum atomic E-state index is 5.37. The van der Waals surface area contributed by atoms with Crippen molar-refractivity contribution in [2.45, 2.75) is 6.04 Å². The number of benzene rings is 1. The molecule has 0 amide bonds. The quantitative estimate of drug-likeness (QED) is 0.894. The van der Waals surface area contributed by atoms with Crippen molar-refractivity contribution in [3.63, 3.8) is 0 Å². The predicted octanol–water partition coefficient (Wildman–Crippen LogP) is 2.41. The van der Waals surface area contributed by atoms with E-state index in [9.17, 15) is 0 Å². The molecule has 1 unspecified atom stereocenters. The molecule has 1 aromatic heterocycles. The zero-order valence-electron chi connectivity index (χ0n) is 11.4. The molecule has 4 heteroatoms. The number of hydrogen-bond donors (Lipinski definition) is 1. The summed E-state index contributed by atoms with van der Waals surface area (Å²) in [6.45, 7) is 0. The lowest BCUT2D eigenvalue weighted by Crippen LogP contribution is -2.18. The van der Waals surface area contributed by atoms with Crippen LogP contribution in [0.1, 0.15) is 17.2 Å². The molecule has 100 valence electrons. The van der Waals surface area contributed by atoms with Gasteiger partial charge in [0, 0.05) is 11.8 Å². The predicted molar refractivity (Wildman–Crippen MR) is 74.7 cm³/mol.